The topological polar surface area (TPSA) is 87.0 Å². The summed E-state index contributed by atoms with van der Waals surface area (Å²) >= 11 is 0. The second kappa shape index (κ2) is 9.87. The quantitative estimate of drug-likeness (QED) is 0.525. The smallest absolute Gasteiger partial charge is 0.323 e. The Labute approximate surface area is 198 Å². The van der Waals surface area contributed by atoms with E-state index in [4.69, 9.17) is 9.15 Å². The monoisotopic (exact) mass is 462 g/mol. The number of anilines is 1. The SMILES string of the molecule is COCCNC(=O)C1CCCN(CN2C(=O)NC(c3ccccc3)c3oc4ccccc4c32)C1. The zero-order valence-electron chi connectivity index (χ0n) is 19.3. The van der Waals surface area contributed by atoms with Gasteiger partial charge in [-0.3, -0.25) is 14.6 Å². The van der Waals surface area contributed by atoms with Crippen LogP contribution in [0.5, 0.6) is 0 Å². The molecular weight excluding hydrogens is 432 g/mol. The first-order valence-corrected chi connectivity index (χ1v) is 11.8. The fraction of sp³-hybridized carbons (Fsp3) is 0.385. The Morgan fingerprint density at radius 3 is 2.79 bits per heavy atom. The van der Waals surface area contributed by atoms with Crippen LogP contribution in [-0.4, -0.2) is 56.9 Å². The number of hydrogen-bond donors (Lipinski definition) is 2. The molecule has 2 unspecified atom stereocenters. The normalized spacial score (nSPS) is 20.7. The average Bonchev–Trinajstić information content (AvgIpc) is 3.26. The second-order valence-electron chi connectivity index (χ2n) is 8.87. The van der Waals surface area contributed by atoms with E-state index in [0.717, 1.165) is 47.4 Å². The fourth-order valence-corrected chi connectivity index (χ4v) is 4.93. The first-order chi connectivity index (χ1) is 16.7. The van der Waals surface area contributed by atoms with Crippen LogP contribution in [0.25, 0.3) is 11.0 Å². The van der Waals surface area contributed by atoms with Crippen LogP contribution in [0.2, 0.25) is 0 Å². The highest BCUT2D eigenvalue weighted by molar-refractivity contribution is 6.05. The van der Waals surface area contributed by atoms with Gasteiger partial charge < -0.3 is 19.8 Å². The van der Waals surface area contributed by atoms with Gasteiger partial charge in [0.15, 0.2) is 5.76 Å². The van der Waals surface area contributed by atoms with E-state index < -0.39 is 0 Å². The summed E-state index contributed by atoms with van der Waals surface area (Å²) in [6, 6.07) is 17.2. The number of urea groups is 1. The molecule has 3 heterocycles. The number of nitrogens with zero attached hydrogens (tertiary/aromatic N) is 2. The lowest BCUT2D eigenvalue weighted by atomic mass is 9.97. The molecule has 8 heteroatoms. The molecule has 2 atom stereocenters. The van der Waals surface area contributed by atoms with E-state index in [2.05, 4.69) is 15.5 Å². The van der Waals surface area contributed by atoms with E-state index >= 15 is 0 Å². The standard InChI is InChI=1S/C26H30N4O4/c1-33-15-13-27-25(31)19-10-7-14-29(16-19)17-30-23-20-11-5-6-12-21(20)34-24(23)22(28-26(30)32)18-8-3-2-4-9-18/h2-6,8-9,11-12,19,22H,7,10,13-17H2,1H3,(H,27,31)(H,28,32). The molecule has 0 radical (unpaired) electrons. The van der Waals surface area contributed by atoms with Gasteiger partial charge in [-0.15, -0.1) is 0 Å². The number of methoxy groups -OCH3 is 1. The van der Waals surface area contributed by atoms with Crippen molar-refractivity contribution in [2.45, 2.75) is 18.9 Å². The molecule has 8 nitrogen and oxygen atoms in total. The molecule has 34 heavy (non-hydrogen) atoms. The number of hydrogen-bond acceptors (Lipinski definition) is 5. The lowest BCUT2D eigenvalue weighted by molar-refractivity contribution is -0.126. The van der Waals surface area contributed by atoms with Crippen molar-refractivity contribution in [3.8, 4) is 0 Å². The molecule has 1 saturated heterocycles. The molecule has 3 amide bonds. The van der Waals surface area contributed by atoms with Crippen molar-refractivity contribution >= 4 is 28.6 Å². The van der Waals surface area contributed by atoms with E-state index in [1.807, 2.05) is 54.6 Å². The lowest BCUT2D eigenvalue weighted by Crippen LogP contribution is -2.53. The number of amides is 3. The van der Waals surface area contributed by atoms with E-state index in [-0.39, 0.29) is 23.9 Å². The molecule has 178 valence electrons. The maximum Gasteiger partial charge on any atom is 0.323 e. The van der Waals surface area contributed by atoms with Gasteiger partial charge in [0, 0.05) is 25.6 Å². The second-order valence-corrected chi connectivity index (χ2v) is 8.87. The van der Waals surface area contributed by atoms with E-state index in [1.54, 1.807) is 12.0 Å². The fourth-order valence-electron chi connectivity index (χ4n) is 4.93. The van der Waals surface area contributed by atoms with Crippen LogP contribution in [0.4, 0.5) is 10.5 Å². The third-order valence-corrected chi connectivity index (χ3v) is 6.60. The van der Waals surface area contributed by atoms with E-state index in [9.17, 15) is 9.59 Å². The average molecular weight is 463 g/mol. The number of carbonyl (C=O) groups excluding carboxylic acids is 2. The lowest BCUT2D eigenvalue weighted by Gasteiger charge is -2.38. The summed E-state index contributed by atoms with van der Waals surface area (Å²) in [5.74, 6) is 0.678. The van der Waals surface area contributed by atoms with Gasteiger partial charge in [0.05, 0.1) is 24.9 Å². The van der Waals surface area contributed by atoms with Gasteiger partial charge in [0.2, 0.25) is 5.91 Å². The van der Waals surface area contributed by atoms with Gasteiger partial charge in [0.1, 0.15) is 11.6 Å². The largest absolute Gasteiger partial charge is 0.456 e. The molecule has 1 aromatic heterocycles. The number of benzene rings is 2. The Hall–Kier alpha value is -3.36. The number of rotatable bonds is 7. The Kier molecular flexibility index (Phi) is 6.51. The van der Waals surface area contributed by atoms with Crippen LogP contribution < -0.4 is 15.5 Å². The maximum atomic E-state index is 13.4. The molecule has 0 saturated carbocycles. The van der Waals surface area contributed by atoms with Crippen molar-refractivity contribution in [1.29, 1.82) is 0 Å². The summed E-state index contributed by atoms with van der Waals surface area (Å²) in [4.78, 5) is 29.9. The summed E-state index contributed by atoms with van der Waals surface area (Å²) in [5.41, 5.74) is 2.53. The molecule has 0 bridgehead atoms. The first-order valence-electron chi connectivity index (χ1n) is 11.8. The first kappa shape index (κ1) is 22.4. The molecule has 0 spiro atoms. The van der Waals surface area contributed by atoms with Crippen molar-refractivity contribution in [3.63, 3.8) is 0 Å². The third-order valence-electron chi connectivity index (χ3n) is 6.60. The van der Waals surface area contributed by atoms with Gasteiger partial charge in [-0.05, 0) is 37.1 Å². The number of nitrogens with one attached hydrogen (secondary N) is 2. The van der Waals surface area contributed by atoms with Gasteiger partial charge in [-0.2, -0.15) is 0 Å². The number of carbonyl (C=O) groups is 2. The molecule has 1 fully saturated rings. The minimum atomic E-state index is -0.354. The van der Waals surface area contributed by atoms with Crippen LogP contribution >= 0.6 is 0 Å². The maximum absolute atomic E-state index is 13.4. The predicted molar refractivity (Wildman–Crippen MR) is 130 cm³/mol. The van der Waals surface area contributed by atoms with Crippen molar-refractivity contribution in [2.24, 2.45) is 5.92 Å². The molecular formula is C26H30N4O4. The Morgan fingerprint density at radius 1 is 1.18 bits per heavy atom. The van der Waals surface area contributed by atoms with Crippen molar-refractivity contribution in [2.75, 3.05) is 44.9 Å². The summed E-state index contributed by atoms with van der Waals surface area (Å²) in [5, 5.41) is 6.99. The molecule has 2 aliphatic rings. The number of likely N-dealkylation sites (tertiary alicyclic amines) is 1. The van der Waals surface area contributed by atoms with Gasteiger partial charge >= 0.3 is 6.03 Å². The summed E-state index contributed by atoms with van der Waals surface area (Å²) in [6.45, 7) is 2.83. The third kappa shape index (κ3) is 4.38. The van der Waals surface area contributed by atoms with Crippen LogP contribution in [0, 0.1) is 5.92 Å². The number of furan rings is 1. The number of para-hydroxylation sites is 1. The van der Waals surface area contributed by atoms with Crippen LogP contribution in [0.3, 0.4) is 0 Å². The minimum Gasteiger partial charge on any atom is -0.456 e. The summed E-state index contributed by atoms with van der Waals surface area (Å²) in [6.07, 6.45) is 1.75. The van der Waals surface area contributed by atoms with Gasteiger partial charge in [0.25, 0.3) is 0 Å². The highest BCUT2D eigenvalue weighted by Gasteiger charge is 2.38. The summed E-state index contributed by atoms with van der Waals surface area (Å²) < 4.78 is 11.3. The summed E-state index contributed by atoms with van der Waals surface area (Å²) in [7, 11) is 1.62. The molecule has 3 aromatic rings. The van der Waals surface area contributed by atoms with Crippen molar-refractivity contribution < 1.29 is 18.7 Å². The Bertz CT molecular complexity index is 1160. The Balaban J connectivity index is 1.41. The molecule has 2 aromatic carbocycles. The van der Waals surface area contributed by atoms with Crippen LogP contribution in [-0.2, 0) is 9.53 Å². The van der Waals surface area contributed by atoms with E-state index in [1.165, 1.54) is 0 Å². The molecule has 5 rings (SSSR count). The number of ether oxygens (including phenoxy) is 1. The van der Waals surface area contributed by atoms with Crippen molar-refractivity contribution in [1.82, 2.24) is 15.5 Å². The van der Waals surface area contributed by atoms with E-state index in [0.29, 0.717) is 26.4 Å². The van der Waals surface area contributed by atoms with Crippen molar-refractivity contribution in [3.05, 3.63) is 65.9 Å². The zero-order chi connectivity index (χ0) is 23.5. The molecule has 0 aliphatic carbocycles. The predicted octanol–water partition coefficient (Wildman–Crippen LogP) is 3.48. The number of fused-ring (bicyclic) bond motifs is 3. The number of piperidine rings is 1. The molecule has 2 aliphatic heterocycles. The highest BCUT2D eigenvalue weighted by atomic mass is 16.5. The minimum absolute atomic E-state index is 0.0448. The van der Waals surface area contributed by atoms with Gasteiger partial charge in [-0.1, -0.05) is 42.5 Å². The van der Waals surface area contributed by atoms with Crippen LogP contribution in [0.15, 0.2) is 59.0 Å². The van der Waals surface area contributed by atoms with Gasteiger partial charge in [-0.25, -0.2) is 4.79 Å². The van der Waals surface area contributed by atoms with Crippen LogP contribution in [0.1, 0.15) is 30.2 Å². The highest BCUT2D eigenvalue weighted by Crippen LogP contribution is 2.42. The Morgan fingerprint density at radius 2 is 1.97 bits per heavy atom. The zero-order valence-corrected chi connectivity index (χ0v) is 19.3. The molecule has 2 N–H and O–H groups in total.